The summed E-state index contributed by atoms with van der Waals surface area (Å²) in [6.07, 6.45) is 9.30. The Kier molecular flexibility index (Phi) is 5.55. The van der Waals surface area contributed by atoms with Crippen molar-refractivity contribution in [1.82, 2.24) is 35.5 Å². The first kappa shape index (κ1) is 22.6. The number of nitrogens with zero attached hydrogens (tertiary/aromatic N) is 4. The molecule has 1 aliphatic rings. The average molecular weight is 506 g/mol. The Hall–Kier alpha value is -4.63. The molecule has 0 bridgehead atoms. The molecule has 1 saturated heterocycles. The molecule has 8 nitrogen and oxygen atoms in total. The van der Waals surface area contributed by atoms with Crippen LogP contribution in [0.4, 0.5) is 4.39 Å². The number of aromatic amines is 2. The molecule has 7 rings (SSSR count). The van der Waals surface area contributed by atoms with Crippen LogP contribution in [0.25, 0.3) is 55.7 Å². The molecule has 6 heterocycles. The molecule has 5 aromatic heterocycles. The normalized spacial score (nSPS) is 14.3. The van der Waals surface area contributed by atoms with Crippen molar-refractivity contribution in [2.24, 2.45) is 0 Å². The van der Waals surface area contributed by atoms with Crippen LogP contribution in [-0.4, -0.2) is 49.3 Å². The molecule has 38 heavy (non-hydrogen) atoms. The Morgan fingerprint density at radius 3 is 2.55 bits per heavy atom. The van der Waals surface area contributed by atoms with Gasteiger partial charge in [-0.3, -0.25) is 10.1 Å². The highest BCUT2D eigenvalue weighted by Crippen LogP contribution is 2.34. The SMILES string of the molecule is Fc1ccc(-c2ccnc3[nH]c(-c4[nH]nc5ncc(-c6cncc(OC7CCNCC7)c6)cc45)cc23)cc1. The van der Waals surface area contributed by atoms with Crippen LogP contribution >= 0.6 is 0 Å². The minimum absolute atomic E-state index is 0.199. The highest BCUT2D eigenvalue weighted by Gasteiger charge is 2.17. The second-order valence-corrected chi connectivity index (χ2v) is 9.48. The monoisotopic (exact) mass is 505 g/mol. The van der Waals surface area contributed by atoms with E-state index in [1.165, 1.54) is 12.1 Å². The highest BCUT2D eigenvalue weighted by atomic mass is 19.1. The topological polar surface area (TPSA) is 104 Å². The molecule has 9 heteroatoms. The fourth-order valence-corrected chi connectivity index (χ4v) is 5.05. The molecule has 0 aliphatic carbocycles. The molecule has 1 aliphatic heterocycles. The number of benzene rings is 1. The molecule has 0 radical (unpaired) electrons. The first-order valence-corrected chi connectivity index (χ1v) is 12.6. The van der Waals surface area contributed by atoms with Gasteiger partial charge in [-0.1, -0.05) is 12.1 Å². The number of ether oxygens (including phenoxy) is 1. The number of H-pyrrole nitrogens is 2. The number of piperidine rings is 1. The highest BCUT2D eigenvalue weighted by molar-refractivity contribution is 5.99. The van der Waals surface area contributed by atoms with Gasteiger partial charge in [0.2, 0.25) is 0 Å². The van der Waals surface area contributed by atoms with Gasteiger partial charge in [-0.25, -0.2) is 14.4 Å². The van der Waals surface area contributed by atoms with Gasteiger partial charge >= 0.3 is 0 Å². The Morgan fingerprint density at radius 2 is 1.68 bits per heavy atom. The maximum Gasteiger partial charge on any atom is 0.181 e. The summed E-state index contributed by atoms with van der Waals surface area (Å²) in [5.74, 6) is 0.497. The van der Waals surface area contributed by atoms with Crippen molar-refractivity contribution in [2.45, 2.75) is 18.9 Å². The Morgan fingerprint density at radius 1 is 0.842 bits per heavy atom. The summed E-state index contributed by atoms with van der Waals surface area (Å²) in [7, 11) is 0. The lowest BCUT2D eigenvalue weighted by molar-refractivity contribution is 0.162. The standard InChI is InChI=1S/C29H24FN7O/c30-20-3-1-17(2-4-20)23-7-10-33-28-24(23)13-26(35-28)27-25-12-19(15-34-29(25)37-36-27)18-11-22(16-32-14-18)38-21-5-8-31-9-6-21/h1-4,7,10-16,21,31H,5-6,8-9H2,(H,33,35)(H,34,36,37). The number of rotatable bonds is 5. The zero-order chi connectivity index (χ0) is 25.5. The molecule has 0 saturated carbocycles. The number of aromatic nitrogens is 6. The minimum atomic E-state index is -0.264. The molecule has 0 spiro atoms. The second kappa shape index (κ2) is 9.35. The number of fused-ring (bicyclic) bond motifs is 2. The molecule has 0 atom stereocenters. The number of pyridine rings is 3. The Bertz CT molecular complexity index is 1750. The molecular weight excluding hydrogens is 481 g/mol. The van der Waals surface area contributed by atoms with Crippen molar-refractivity contribution >= 4 is 22.1 Å². The number of halogens is 1. The summed E-state index contributed by atoms with van der Waals surface area (Å²) in [4.78, 5) is 16.9. The van der Waals surface area contributed by atoms with Crippen LogP contribution in [0, 0.1) is 5.82 Å². The van der Waals surface area contributed by atoms with E-state index in [-0.39, 0.29) is 11.9 Å². The zero-order valence-corrected chi connectivity index (χ0v) is 20.4. The van der Waals surface area contributed by atoms with Crippen molar-refractivity contribution in [2.75, 3.05) is 13.1 Å². The molecule has 1 fully saturated rings. The Balaban J connectivity index is 1.25. The van der Waals surface area contributed by atoms with E-state index in [0.717, 1.165) is 81.7 Å². The van der Waals surface area contributed by atoms with Crippen LogP contribution in [0.5, 0.6) is 5.75 Å². The molecular formula is C29H24FN7O. The molecule has 3 N–H and O–H groups in total. The van der Waals surface area contributed by atoms with Gasteiger partial charge in [0, 0.05) is 40.5 Å². The lowest BCUT2D eigenvalue weighted by Crippen LogP contribution is -2.34. The molecule has 6 aromatic rings. The van der Waals surface area contributed by atoms with Gasteiger partial charge in [-0.05, 0) is 73.5 Å². The van der Waals surface area contributed by atoms with E-state index in [1.54, 1.807) is 30.7 Å². The summed E-state index contributed by atoms with van der Waals surface area (Å²) >= 11 is 0. The molecule has 188 valence electrons. The van der Waals surface area contributed by atoms with E-state index in [9.17, 15) is 4.39 Å². The van der Waals surface area contributed by atoms with Crippen molar-refractivity contribution in [3.05, 3.63) is 79.1 Å². The van der Waals surface area contributed by atoms with E-state index in [2.05, 4.69) is 41.5 Å². The average Bonchev–Trinajstić information content (AvgIpc) is 3.58. The van der Waals surface area contributed by atoms with Gasteiger partial charge in [-0.15, -0.1) is 0 Å². The predicted molar refractivity (Wildman–Crippen MR) is 144 cm³/mol. The van der Waals surface area contributed by atoms with Crippen LogP contribution in [0.15, 0.2) is 73.3 Å². The van der Waals surface area contributed by atoms with Crippen molar-refractivity contribution in [1.29, 1.82) is 0 Å². The predicted octanol–water partition coefficient (Wildman–Crippen LogP) is 5.50. The number of nitrogens with one attached hydrogen (secondary N) is 3. The first-order valence-electron chi connectivity index (χ1n) is 12.6. The van der Waals surface area contributed by atoms with Crippen LogP contribution in [0.3, 0.4) is 0 Å². The van der Waals surface area contributed by atoms with Gasteiger partial charge in [0.15, 0.2) is 5.65 Å². The lowest BCUT2D eigenvalue weighted by atomic mass is 10.0. The van der Waals surface area contributed by atoms with Crippen molar-refractivity contribution in [3.63, 3.8) is 0 Å². The van der Waals surface area contributed by atoms with Crippen LogP contribution in [-0.2, 0) is 0 Å². The summed E-state index contributed by atoms with van der Waals surface area (Å²) in [6.45, 7) is 1.94. The fraction of sp³-hybridized carbons (Fsp3) is 0.172. The third kappa shape index (κ3) is 4.16. The van der Waals surface area contributed by atoms with Gasteiger partial charge in [0.1, 0.15) is 23.3 Å². The van der Waals surface area contributed by atoms with E-state index < -0.39 is 0 Å². The maximum atomic E-state index is 13.5. The summed E-state index contributed by atoms with van der Waals surface area (Å²) in [6, 6.07) is 14.5. The van der Waals surface area contributed by atoms with Gasteiger partial charge in [0.05, 0.1) is 17.6 Å². The quantitative estimate of drug-likeness (QED) is 0.286. The fourth-order valence-electron chi connectivity index (χ4n) is 5.05. The van der Waals surface area contributed by atoms with E-state index in [0.29, 0.717) is 5.65 Å². The third-order valence-electron chi connectivity index (χ3n) is 7.00. The Labute approximate surface area is 217 Å². The first-order chi connectivity index (χ1) is 18.7. The molecule has 1 aromatic carbocycles. The van der Waals surface area contributed by atoms with Gasteiger partial charge < -0.3 is 15.0 Å². The van der Waals surface area contributed by atoms with Crippen molar-refractivity contribution in [3.8, 4) is 39.4 Å². The molecule has 0 unspecified atom stereocenters. The largest absolute Gasteiger partial charge is 0.489 e. The minimum Gasteiger partial charge on any atom is -0.489 e. The summed E-state index contributed by atoms with van der Waals surface area (Å²) < 4.78 is 19.7. The number of hydrogen-bond donors (Lipinski definition) is 3. The summed E-state index contributed by atoms with van der Waals surface area (Å²) in [5, 5.41) is 12.7. The smallest absolute Gasteiger partial charge is 0.181 e. The van der Waals surface area contributed by atoms with E-state index >= 15 is 0 Å². The van der Waals surface area contributed by atoms with Crippen molar-refractivity contribution < 1.29 is 9.13 Å². The van der Waals surface area contributed by atoms with Crippen LogP contribution in [0.1, 0.15) is 12.8 Å². The lowest BCUT2D eigenvalue weighted by Gasteiger charge is -2.23. The maximum absolute atomic E-state index is 13.5. The zero-order valence-electron chi connectivity index (χ0n) is 20.4. The van der Waals surface area contributed by atoms with Crippen LogP contribution < -0.4 is 10.1 Å². The van der Waals surface area contributed by atoms with E-state index in [4.69, 9.17) is 4.74 Å². The van der Waals surface area contributed by atoms with E-state index in [1.807, 2.05) is 24.4 Å². The van der Waals surface area contributed by atoms with Crippen LogP contribution in [0.2, 0.25) is 0 Å². The second-order valence-electron chi connectivity index (χ2n) is 9.48. The van der Waals surface area contributed by atoms with Gasteiger partial charge in [0.25, 0.3) is 0 Å². The molecule has 0 amide bonds. The third-order valence-corrected chi connectivity index (χ3v) is 7.00. The summed E-state index contributed by atoms with van der Waals surface area (Å²) in [5.41, 5.74) is 6.74. The van der Waals surface area contributed by atoms with Gasteiger partial charge in [-0.2, -0.15) is 5.10 Å². The number of hydrogen-bond acceptors (Lipinski definition) is 6.